The van der Waals surface area contributed by atoms with E-state index in [0.717, 1.165) is 5.56 Å². The molecule has 0 saturated carbocycles. The second-order valence-corrected chi connectivity index (χ2v) is 4.08. The van der Waals surface area contributed by atoms with Crippen molar-refractivity contribution in [1.29, 1.82) is 0 Å². The van der Waals surface area contributed by atoms with Crippen molar-refractivity contribution < 1.29 is 22.0 Å². The van der Waals surface area contributed by atoms with Gasteiger partial charge in [-0.2, -0.15) is 0 Å². The van der Waals surface area contributed by atoms with Gasteiger partial charge in [0.2, 0.25) is 5.82 Å². The van der Waals surface area contributed by atoms with Crippen LogP contribution in [-0.2, 0) is 0 Å². The maximum atomic E-state index is 13.4. The molecule has 2 rings (SSSR count). The van der Waals surface area contributed by atoms with E-state index in [4.69, 9.17) is 0 Å². The molecule has 0 N–H and O–H groups in total. The van der Waals surface area contributed by atoms with E-state index in [1.54, 1.807) is 24.3 Å². The number of aryl methyl sites for hydroxylation is 1. The number of aliphatic imine (C=N–C) groups is 1. The van der Waals surface area contributed by atoms with Crippen LogP contribution >= 0.6 is 0 Å². The fourth-order valence-corrected chi connectivity index (χ4v) is 1.51. The first-order chi connectivity index (χ1) is 9.41. The van der Waals surface area contributed by atoms with Crippen LogP contribution in [0.4, 0.5) is 27.6 Å². The Balaban J connectivity index is 2.46. The van der Waals surface area contributed by atoms with E-state index < -0.39 is 34.6 Å². The van der Waals surface area contributed by atoms with Crippen molar-refractivity contribution in [3.05, 3.63) is 64.5 Å². The summed E-state index contributed by atoms with van der Waals surface area (Å²) in [5, 5.41) is 0. The van der Waals surface area contributed by atoms with Crippen LogP contribution in [-0.4, -0.2) is 6.21 Å². The van der Waals surface area contributed by atoms with Crippen molar-refractivity contribution in [2.45, 2.75) is 6.92 Å². The summed E-state index contributed by atoms with van der Waals surface area (Å²) >= 11 is 0. The van der Waals surface area contributed by atoms with Crippen LogP contribution in [0.15, 0.2) is 29.3 Å². The minimum Gasteiger partial charge on any atom is -0.256 e. The molecule has 0 unspecified atom stereocenters. The first kappa shape index (κ1) is 14.2. The molecule has 2 aromatic rings. The van der Waals surface area contributed by atoms with Gasteiger partial charge in [0.15, 0.2) is 23.3 Å². The lowest BCUT2D eigenvalue weighted by Gasteiger charge is -2.03. The molecule has 0 saturated heterocycles. The number of halogens is 5. The zero-order valence-corrected chi connectivity index (χ0v) is 10.2. The van der Waals surface area contributed by atoms with Gasteiger partial charge >= 0.3 is 0 Å². The third-order valence-electron chi connectivity index (χ3n) is 2.62. The quantitative estimate of drug-likeness (QED) is 0.335. The fourth-order valence-electron chi connectivity index (χ4n) is 1.51. The summed E-state index contributed by atoms with van der Waals surface area (Å²) in [6.45, 7) is 1.83. The molecule has 0 amide bonds. The Labute approximate surface area is 111 Å². The topological polar surface area (TPSA) is 12.4 Å². The van der Waals surface area contributed by atoms with E-state index in [0.29, 0.717) is 11.9 Å². The Morgan fingerprint density at radius 3 is 1.70 bits per heavy atom. The molecule has 0 spiro atoms. The Morgan fingerprint density at radius 2 is 1.20 bits per heavy atom. The molecule has 0 radical (unpaired) electrons. The van der Waals surface area contributed by atoms with E-state index in [2.05, 4.69) is 4.99 Å². The summed E-state index contributed by atoms with van der Waals surface area (Å²) in [6, 6.07) is 6.51. The largest absolute Gasteiger partial charge is 0.256 e. The number of hydrogen-bond acceptors (Lipinski definition) is 1. The highest BCUT2D eigenvalue weighted by molar-refractivity contribution is 5.82. The highest BCUT2D eigenvalue weighted by Gasteiger charge is 2.24. The first-order valence-electron chi connectivity index (χ1n) is 5.54. The third-order valence-corrected chi connectivity index (χ3v) is 2.62. The molecule has 0 aromatic heterocycles. The molecule has 6 heteroatoms. The highest BCUT2D eigenvalue weighted by Crippen LogP contribution is 2.22. The van der Waals surface area contributed by atoms with Gasteiger partial charge in [0.05, 0.1) is 11.3 Å². The molecule has 0 aliphatic carbocycles. The van der Waals surface area contributed by atoms with E-state index in [1.165, 1.54) is 0 Å². The van der Waals surface area contributed by atoms with Gasteiger partial charge in [-0.05, 0) is 19.1 Å². The molecule has 2 aromatic carbocycles. The van der Waals surface area contributed by atoms with Crippen LogP contribution in [0.5, 0.6) is 0 Å². The SMILES string of the molecule is Cc1ccc(N=Cc2c(F)c(F)c(F)c(F)c2F)cc1. The van der Waals surface area contributed by atoms with Gasteiger partial charge in [-0.1, -0.05) is 17.7 Å². The summed E-state index contributed by atoms with van der Waals surface area (Å²) in [4.78, 5) is 3.69. The van der Waals surface area contributed by atoms with Crippen molar-refractivity contribution in [3.8, 4) is 0 Å². The smallest absolute Gasteiger partial charge is 0.200 e. The molecule has 0 heterocycles. The lowest BCUT2D eigenvalue weighted by molar-refractivity contribution is 0.377. The van der Waals surface area contributed by atoms with Gasteiger partial charge in [0, 0.05) is 6.21 Å². The number of nitrogens with zero attached hydrogens (tertiary/aromatic N) is 1. The Hall–Kier alpha value is -2.24. The summed E-state index contributed by atoms with van der Waals surface area (Å²) in [5.74, 6) is -9.98. The van der Waals surface area contributed by atoms with E-state index in [1.807, 2.05) is 6.92 Å². The van der Waals surface area contributed by atoms with Crippen molar-refractivity contribution in [1.82, 2.24) is 0 Å². The molecule has 0 aliphatic heterocycles. The molecule has 0 fully saturated rings. The van der Waals surface area contributed by atoms with Crippen molar-refractivity contribution in [2.24, 2.45) is 4.99 Å². The van der Waals surface area contributed by atoms with Crippen LogP contribution in [0.2, 0.25) is 0 Å². The van der Waals surface area contributed by atoms with Crippen molar-refractivity contribution >= 4 is 11.9 Å². The van der Waals surface area contributed by atoms with Gasteiger partial charge in [-0.3, -0.25) is 4.99 Å². The van der Waals surface area contributed by atoms with Crippen LogP contribution in [0.25, 0.3) is 0 Å². The van der Waals surface area contributed by atoms with Gasteiger partial charge < -0.3 is 0 Å². The van der Waals surface area contributed by atoms with Crippen LogP contribution < -0.4 is 0 Å². The van der Waals surface area contributed by atoms with E-state index in [-0.39, 0.29) is 0 Å². The minimum absolute atomic E-state index is 0.333. The molecule has 1 nitrogen and oxygen atoms in total. The van der Waals surface area contributed by atoms with Crippen molar-refractivity contribution in [2.75, 3.05) is 0 Å². The van der Waals surface area contributed by atoms with Crippen LogP contribution in [0.1, 0.15) is 11.1 Å². The Bertz CT molecular complexity index is 648. The van der Waals surface area contributed by atoms with Crippen LogP contribution in [0, 0.1) is 36.0 Å². The van der Waals surface area contributed by atoms with Crippen LogP contribution in [0.3, 0.4) is 0 Å². The monoisotopic (exact) mass is 285 g/mol. The first-order valence-corrected chi connectivity index (χ1v) is 5.54. The van der Waals surface area contributed by atoms with Gasteiger partial charge in [0.25, 0.3) is 0 Å². The molecule has 20 heavy (non-hydrogen) atoms. The normalized spacial score (nSPS) is 11.3. The van der Waals surface area contributed by atoms with Gasteiger partial charge in [0.1, 0.15) is 0 Å². The predicted octanol–water partition coefficient (Wildman–Crippen LogP) is 4.44. The van der Waals surface area contributed by atoms with E-state index >= 15 is 0 Å². The lowest BCUT2D eigenvalue weighted by Crippen LogP contribution is -2.06. The molecule has 0 aliphatic rings. The Kier molecular flexibility index (Phi) is 3.83. The number of hydrogen-bond donors (Lipinski definition) is 0. The average Bonchev–Trinajstić information content (AvgIpc) is 2.45. The number of benzene rings is 2. The highest BCUT2D eigenvalue weighted by atomic mass is 19.2. The van der Waals surface area contributed by atoms with Gasteiger partial charge in [-0.15, -0.1) is 0 Å². The predicted molar refractivity (Wildman–Crippen MR) is 64.7 cm³/mol. The molecule has 0 atom stereocenters. The van der Waals surface area contributed by atoms with E-state index in [9.17, 15) is 22.0 Å². The third kappa shape index (κ3) is 2.54. The summed E-state index contributed by atoms with van der Waals surface area (Å²) in [7, 11) is 0. The fraction of sp³-hybridized carbons (Fsp3) is 0.0714. The second-order valence-electron chi connectivity index (χ2n) is 4.08. The molecular weight excluding hydrogens is 277 g/mol. The molecule has 104 valence electrons. The number of rotatable bonds is 2. The standard InChI is InChI=1S/C14H8F5N/c1-7-2-4-8(5-3-7)20-6-9-10(15)12(17)14(19)13(18)11(9)16/h2-6H,1H3. The molecular formula is C14H8F5N. The Morgan fingerprint density at radius 1 is 0.750 bits per heavy atom. The summed E-state index contributed by atoms with van der Waals surface area (Å²) in [6.07, 6.45) is 0.612. The summed E-state index contributed by atoms with van der Waals surface area (Å²) in [5.41, 5.74) is 0.210. The molecule has 0 bridgehead atoms. The average molecular weight is 285 g/mol. The van der Waals surface area contributed by atoms with Crippen molar-refractivity contribution in [3.63, 3.8) is 0 Å². The minimum atomic E-state index is -2.19. The lowest BCUT2D eigenvalue weighted by atomic mass is 10.2. The van der Waals surface area contributed by atoms with Gasteiger partial charge in [-0.25, -0.2) is 22.0 Å². The maximum Gasteiger partial charge on any atom is 0.200 e. The maximum absolute atomic E-state index is 13.4. The zero-order chi connectivity index (χ0) is 14.9. The zero-order valence-electron chi connectivity index (χ0n) is 10.2. The summed E-state index contributed by atoms with van der Waals surface area (Å²) < 4.78 is 65.5. The second kappa shape index (κ2) is 5.40.